The first kappa shape index (κ1) is 15.1. The van der Waals surface area contributed by atoms with Crippen molar-refractivity contribution in [2.24, 2.45) is 0 Å². The van der Waals surface area contributed by atoms with Gasteiger partial charge in [0.25, 0.3) is 0 Å². The Morgan fingerprint density at radius 3 is 2.68 bits per heavy atom. The second-order valence-electron chi connectivity index (χ2n) is 5.62. The summed E-state index contributed by atoms with van der Waals surface area (Å²) in [6, 6.07) is 12.0. The van der Waals surface area contributed by atoms with Crippen molar-refractivity contribution in [2.75, 3.05) is 6.54 Å². The van der Waals surface area contributed by atoms with Crippen LogP contribution >= 0.6 is 11.6 Å². The fourth-order valence-corrected chi connectivity index (χ4v) is 2.54. The zero-order valence-corrected chi connectivity index (χ0v) is 13.1. The third-order valence-electron chi connectivity index (χ3n) is 3.75. The van der Waals surface area contributed by atoms with Crippen molar-refractivity contribution in [2.45, 2.75) is 32.0 Å². The van der Waals surface area contributed by atoms with Gasteiger partial charge < -0.3 is 9.73 Å². The van der Waals surface area contributed by atoms with Crippen molar-refractivity contribution in [3.63, 3.8) is 0 Å². The molecule has 0 saturated heterocycles. The topological polar surface area (TPSA) is 45.5 Å². The second-order valence-corrected chi connectivity index (χ2v) is 6.06. The van der Waals surface area contributed by atoms with E-state index in [-0.39, 0.29) is 5.91 Å². The van der Waals surface area contributed by atoms with E-state index in [1.54, 1.807) is 6.26 Å². The second kappa shape index (κ2) is 6.99. The van der Waals surface area contributed by atoms with Crippen LogP contribution in [0.5, 0.6) is 0 Å². The highest BCUT2D eigenvalue weighted by atomic mass is 35.5. The lowest BCUT2D eigenvalue weighted by Crippen LogP contribution is -2.37. The first-order chi connectivity index (χ1) is 10.7. The Morgan fingerprint density at radius 2 is 2.05 bits per heavy atom. The molecule has 3 rings (SSSR count). The van der Waals surface area contributed by atoms with Crippen LogP contribution in [-0.2, 0) is 17.9 Å². The fraction of sp³-hybridized carbons (Fsp3) is 0.353. The van der Waals surface area contributed by atoms with E-state index < -0.39 is 0 Å². The lowest BCUT2D eigenvalue weighted by Gasteiger charge is -2.21. The molecule has 0 aliphatic heterocycles. The van der Waals surface area contributed by atoms with Crippen molar-refractivity contribution in [1.82, 2.24) is 10.2 Å². The van der Waals surface area contributed by atoms with Gasteiger partial charge in [-0.25, -0.2) is 0 Å². The predicted octanol–water partition coefficient (Wildman–Crippen LogP) is 3.21. The fourth-order valence-electron chi connectivity index (χ4n) is 2.42. The summed E-state index contributed by atoms with van der Waals surface area (Å²) in [4.78, 5) is 14.3. The number of hydrogen-bond acceptors (Lipinski definition) is 3. The van der Waals surface area contributed by atoms with E-state index in [4.69, 9.17) is 16.0 Å². The van der Waals surface area contributed by atoms with Crippen LogP contribution in [0.3, 0.4) is 0 Å². The van der Waals surface area contributed by atoms with Crippen LogP contribution in [-0.4, -0.2) is 23.4 Å². The molecule has 0 spiro atoms. The van der Waals surface area contributed by atoms with Crippen molar-refractivity contribution in [3.05, 3.63) is 59.0 Å². The Bertz CT molecular complexity index is 606. The number of carbonyl (C=O) groups is 1. The zero-order chi connectivity index (χ0) is 15.4. The largest absolute Gasteiger partial charge is 0.467 e. The highest BCUT2D eigenvalue weighted by Crippen LogP contribution is 2.28. The van der Waals surface area contributed by atoms with E-state index in [1.807, 2.05) is 36.4 Å². The summed E-state index contributed by atoms with van der Waals surface area (Å²) < 4.78 is 5.21. The Morgan fingerprint density at radius 1 is 1.27 bits per heavy atom. The summed E-state index contributed by atoms with van der Waals surface area (Å²) in [5.74, 6) is 0.793. The van der Waals surface area contributed by atoms with Gasteiger partial charge in [0.1, 0.15) is 5.76 Å². The van der Waals surface area contributed by atoms with Gasteiger partial charge in [0.2, 0.25) is 5.91 Å². The number of furan rings is 1. The molecule has 1 amide bonds. The minimum absolute atomic E-state index is 0.0252. The number of benzene rings is 1. The van der Waals surface area contributed by atoms with Crippen molar-refractivity contribution in [1.29, 1.82) is 0 Å². The Hall–Kier alpha value is -1.78. The Kier molecular flexibility index (Phi) is 4.80. The quantitative estimate of drug-likeness (QED) is 0.852. The van der Waals surface area contributed by atoms with Gasteiger partial charge in [-0.2, -0.15) is 0 Å². The maximum absolute atomic E-state index is 12.1. The molecule has 1 fully saturated rings. The van der Waals surface area contributed by atoms with Gasteiger partial charge in [0.15, 0.2) is 0 Å². The van der Waals surface area contributed by atoms with Gasteiger partial charge in [-0.15, -0.1) is 0 Å². The van der Waals surface area contributed by atoms with Crippen LogP contribution in [0.1, 0.15) is 24.2 Å². The van der Waals surface area contributed by atoms with Crippen molar-refractivity contribution in [3.8, 4) is 0 Å². The van der Waals surface area contributed by atoms with Gasteiger partial charge in [-0.05, 0) is 42.7 Å². The molecule has 0 atom stereocenters. The van der Waals surface area contributed by atoms with Gasteiger partial charge in [0, 0.05) is 17.6 Å². The van der Waals surface area contributed by atoms with Crippen LogP contribution in [0.25, 0.3) is 0 Å². The average molecular weight is 319 g/mol. The van der Waals surface area contributed by atoms with Crippen LogP contribution < -0.4 is 5.32 Å². The zero-order valence-electron chi connectivity index (χ0n) is 12.3. The Balaban J connectivity index is 1.52. The molecule has 5 heteroatoms. The third kappa shape index (κ3) is 4.36. The van der Waals surface area contributed by atoms with Crippen LogP contribution in [0.4, 0.5) is 0 Å². The summed E-state index contributed by atoms with van der Waals surface area (Å²) in [7, 11) is 0. The lowest BCUT2D eigenvalue weighted by atomic mass is 10.2. The molecule has 1 saturated carbocycles. The van der Waals surface area contributed by atoms with Gasteiger partial charge in [-0.1, -0.05) is 23.7 Å². The van der Waals surface area contributed by atoms with Crippen molar-refractivity contribution >= 4 is 17.5 Å². The smallest absolute Gasteiger partial charge is 0.234 e. The number of amides is 1. The lowest BCUT2D eigenvalue weighted by molar-refractivity contribution is -0.122. The van der Waals surface area contributed by atoms with E-state index in [2.05, 4.69) is 10.2 Å². The van der Waals surface area contributed by atoms with Gasteiger partial charge in [-0.3, -0.25) is 9.69 Å². The SMILES string of the molecule is O=C(CN(Cc1ccc(Cl)cc1)C1CC1)NCc1ccco1. The minimum Gasteiger partial charge on any atom is -0.467 e. The highest BCUT2D eigenvalue weighted by Gasteiger charge is 2.30. The number of halogens is 1. The van der Waals surface area contributed by atoms with Crippen LogP contribution in [0, 0.1) is 0 Å². The Labute approximate surface area is 135 Å². The van der Waals surface area contributed by atoms with Crippen molar-refractivity contribution < 1.29 is 9.21 Å². The molecule has 2 aromatic rings. The molecule has 0 bridgehead atoms. The minimum atomic E-state index is 0.0252. The number of rotatable bonds is 7. The predicted molar refractivity (Wildman–Crippen MR) is 85.4 cm³/mol. The molecule has 0 unspecified atom stereocenters. The normalized spacial score (nSPS) is 14.3. The molecule has 1 aliphatic carbocycles. The standard InChI is InChI=1S/C17H19ClN2O2/c18-14-5-3-13(4-6-14)11-20(15-7-8-15)12-17(21)19-10-16-2-1-9-22-16/h1-6,9,15H,7-8,10-12H2,(H,19,21). The number of nitrogens with zero attached hydrogens (tertiary/aromatic N) is 1. The molecule has 4 nitrogen and oxygen atoms in total. The molecular weight excluding hydrogens is 300 g/mol. The van der Waals surface area contributed by atoms with Crippen LogP contribution in [0.15, 0.2) is 47.1 Å². The number of hydrogen-bond donors (Lipinski definition) is 1. The summed E-state index contributed by atoms with van der Waals surface area (Å²) in [5, 5.41) is 3.63. The molecule has 1 N–H and O–H groups in total. The molecule has 1 aliphatic rings. The molecule has 1 heterocycles. The molecular formula is C17H19ClN2O2. The van der Waals surface area contributed by atoms with E-state index in [0.717, 1.165) is 17.3 Å². The van der Waals surface area contributed by atoms with Gasteiger partial charge in [0.05, 0.1) is 19.4 Å². The summed E-state index contributed by atoms with van der Waals surface area (Å²) in [5.41, 5.74) is 1.18. The van der Waals surface area contributed by atoms with E-state index >= 15 is 0 Å². The summed E-state index contributed by atoms with van der Waals surface area (Å²) in [6.07, 6.45) is 3.94. The monoisotopic (exact) mass is 318 g/mol. The summed E-state index contributed by atoms with van der Waals surface area (Å²) in [6.45, 7) is 1.62. The average Bonchev–Trinajstić information content (AvgIpc) is 3.23. The molecule has 116 valence electrons. The van der Waals surface area contributed by atoms with E-state index in [9.17, 15) is 4.79 Å². The first-order valence-corrected chi connectivity index (χ1v) is 7.86. The molecule has 1 aromatic carbocycles. The maximum atomic E-state index is 12.1. The maximum Gasteiger partial charge on any atom is 0.234 e. The summed E-state index contributed by atoms with van der Waals surface area (Å²) >= 11 is 5.91. The highest BCUT2D eigenvalue weighted by molar-refractivity contribution is 6.30. The van der Waals surface area contributed by atoms with Gasteiger partial charge >= 0.3 is 0 Å². The molecule has 22 heavy (non-hydrogen) atoms. The molecule has 1 aromatic heterocycles. The first-order valence-electron chi connectivity index (χ1n) is 7.48. The van der Waals surface area contributed by atoms with Crippen LogP contribution in [0.2, 0.25) is 5.02 Å². The van der Waals surface area contributed by atoms with E-state index in [1.165, 1.54) is 18.4 Å². The van der Waals surface area contributed by atoms with E-state index in [0.29, 0.717) is 19.1 Å². The number of nitrogens with one attached hydrogen (secondary N) is 1. The number of carbonyl (C=O) groups excluding carboxylic acids is 1. The third-order valence-corrected chi connectivity index (χ3v) is 4.00. The molecule has 0 radical (unpaired) electrons.